The summed E-state index contributed by atoms with van der Waals surface area (Å²) in [6, 6.07) is 6.74. The average molecular weight is 293 g/mol. The van der Waals surface area contributed by atoms with Gasteiger partial charge < -0.3 is 14.9 Å². The quantitative estimate of drug-likeness (QED) is 0.885. The van der Waals surface area contributed by atoms with Gasteiger partial charge in [0.2, 0.25) is 0 Å². The summed E-state index contributed by atoms with van der Waals surface area (Å²) in [6.45, 7) is 0.285. The predicted molar refractivity (Wildman–Crippen MR) is 72.7 cm³/mol. The lowest BCUT2D eigenvalue weighted by Gasteiger charge is -2.18. The molecule has 0 atom stereocenters. The summed E-state index contributed by atoms with van der Waals surface area (Å²) < 4.78 is 39.2. The van der Waals surface area contributed by atoms with Crippen molar-refractivity contribution in [2.45, 2.75) is 6.61 Å². The van der Waals surface area contributed by atoms with Crippen LogP contribution in [0.25, 0.3) is 0 Å². The van der Waals surface area contributed by atoms with Gasteiger partial charge in [-0.05, 0) is 18.2 Å². The largest absolute Gasteiger partial charge is 0.488 e. The lowest BCUT2D eigenvalue weighted by atomic mass is 10.1. The third kappa shape index (κ3) is 2.32. The third-order valence-corrected chi connectivity index (χ3v) is 3.63. The van der Waals surface area contributed by atoms with Crippen LogP contribution < -0.4 is 15.2 Å². The molecule has 104 valence electrons. The lowest BCUT2D eigenvalue weighted by Crippen LogP contribution is -2.26. The van der Waals surface area contributed by atoms with Crippen LogP contribution in [0.4, 0.5) is 5.69 Å². The Morgan fingerprint density at radius 3 is 2.95 bits per heavy atom. The monoisotopic (exact) mass is 293 g/mol. The lowest BCUT2D eigenvalue weighted by molar-refractivity contribution is 0.304. The molecule has 1 aromatic heterocycles. The van der Waals surface area contributed by atoms with Gasteiger partial charge in [0.05, 0.1) is 23.8 Å². The molecule has 0 amide bonds. The molecule has 1 aromatic carbocycles. The van der Waals surface area contributed by atoms with Crippen molar-refractivity contribution in [2.24, 2.45) is 10.1 Å². The number of nitrogens with one attached hydrogen (secondary N) is 1. The van der Waals surface area contributed by atoms with Gasteiger partial charge in [-0.2, -0.15) is 8.42 Å². The maximum absolute atomic E-state index is 11.4. The summed E-state index contributed by atoms with van der Waals surface area (Å²) in [5, 5.41) is 0. The number of furan rings is 1. The number of nitrogens with zero attached hydrogens (tertiary/aromatic N) is 1. The minimum atomic E-state index is -3.78. The molecule has 0 saturated carbocycles. The first-order valence-corrected chi connectivity index (χ1v) is 7.14. The van der Waals surface area contributed by atoms with Crippen LogP contribution in [-0.2, 0) is 16.8 Å². The predicted octanol–water partition coefficient (Wildman–Crippen LogP) is 1.23. The van der Waals surface area contributed by atoms with E-state index in [-0.39, 0.29) is 12.4 Å². The van der Waals surface area contributed by atoms with Crippen LogP contribution in [0.1, 0.15) is 11.1 Å². The summed E-state index contributed by atoms with van der Waals surface area (Å²) in [6.07, 6.45) is 3.11. The van der Waals surface area contributed by atoms with Gasteiger partial charge in [0.25, 0.3) is 0 Å². The van der Waals surface area contributed by atoms with Crippen LogP contribution in [0, 0.1) is 0 Å². The Kier molecular flexibility index (Phi) is 2.87. The van der Waals surface area contributed by atoms with Gasteiger partial charge in [0.1, 0.15) is 12.4 Å². The van der Waals surface area contributed by atoms with Crippen LogP contribution in [0.5, 0.6) is 5.75 Å². The van der Waals surface area contributed by atoms with E-state index in [1.54, 1.807) is 36.8 Å². The molecule has 20 heavy (non-hydrogen) atoms. The molecule has 8 heteroatoms. The fourth-order valence-electron chi connectivity index (χ4n) is 1.87. The maximum Gasteiger partial charge on any atom is 0.344 e. The van der Waals surface area contributed by atoms with E-state index >= 15 is 0 Å². The van der Waals surface area contributed by atoms with Gasteiger partial charge in [0, 0.05) is 5.56 Å². The second-order valence-electron chi connectivity index (χ2n) is 4.15. The number of hydrogen-bond acceptors (Lipinski definition) is 5. The zero-order chi connectivity index (χ0) is 14.2. The molecule has 1 aliphatic rings. The molecule has 1 aliphatic heterocycles. The van der Waals surface area contributed by atoms with Crippen molar-refractivity contribution in [1.82, 2.24) is 0 Å². The second-order valence-corrected chi connectivity index (χ2v) is 5.49. The summed E-state index contributed by atoms with van der Waals surface area (Å²) in [5.74, 6) is 0.355. The zero-order valence-corrected chi connectivity index (χ0v) is 11.1. The number of anilines is 1. The summed E-state index contributed by atoms with van der Waals surface area (Å²) in [4.78, 5) is 0. The van der Waals surface area contributed by atoms with E-state index in [0.29, 0.717) is 17.0 Å². The minimum Gasteiger partial charge on any atom is -0.488 e. The number of hydrogen-bond donors (Lipinski definition) is 2. The Balaban J connectivity index is 1.94. The number of amidine groups is 1. The number of nitrogens with two attached hydrogens (primary N) is 1. The number of benzene rings is 1. The SMILES string of the molecule is NC1=NS(=O)(=O)Nc2cccc(OCc3ccoc3)c21. The first-order chi connectivity index (χ1) is 9.55. The first-order valence-electron chi connectivity index (χ1n) is 5.70. The standard InChI is InChI=1S/C12H11N3O4S/c13-12-11-9(14-20(16,17)15-12)2-1-3-10(11)19-7-8-4-5-18-6-8/h1-6,14H,7H2,(H2,13,15). The van der Waals surface area contributed by atoms with E-state index in [1.807, 2.05) is 0 Å². The molecule has 0 radical (unpaired) electrons. The van der Waals surface area contributed by atoms with Crippen molar-refractivity contribution >= 4 is 21.7 Å². The highest BCUT2D eigenvalue weighted by molar-refractivity contribution is 7.91. The molecule has 0 aliphatic carbocycles. The smallest absolute Gasteiger partial charge is 0.344 e. The molecule has 0 spiro atoms. The van der Waals surface area contributed by atoms with Crippen LogP contribution in [0.3, 0.4) is 0 Å². The Hall–Kier alpha value is -2.48. The van der Waals surface area contributed by atoms with Crippen LogP contribution in [0.15, 0.2) is 45.6 Å². The van der Waals surface area contributed by atoms with Crippen molar-refractivity contribution in [3.8, 4) is 5.75 Å². The number of ether oxygens (including phenoxy) is 1. The summed E-state index contributed by atoms with van der Waals surface area (Å²) in [5.41, 5.74) is 7.35. The zero-order valence-electron chi connectivity index (χ0n) is 10.2. The molecular formula is C12H11N3O4S. The molecule has 7 nitrogen and oxygen atoms in total. The van der Waals surface area contributed by atoms with Crippen LogP contribution >= 0.6 is 0 Å². The maximum atomic E-state index is 11.4. The van der Waals surface area contributed by atoms with Crippen LogP contribution in [0.2, 0.25) is 0 Å². The van der Waals surface area contributed by atoms with Gasteiger partial charge in [-0.15, -0.1) is 4.40 Å². The van der Waals surface area contributed by atoms with Gasteiger partial charge >= 0.3 is 10.2 Å². The molecule has 0 fully saturated rings. The number of rotatable bonds is 3. The van der Waals surface area contributed by atoms with Crippen molar-refractivity contribution in [3.63, 3.8) is 0 Å². The van der Waals surface area contributed by atoms with Crippen molar-refractivity contribution in [1.29, 1.82) is 0 Å². The first kappa shape index (κ1) is 12.5. The normalized spacial score (nSPS) is 15.9. The van der Waals surface area contributed by atoms with E-state index in [1.165, 1.54) is 0 Å². The highest BCUT2D eigenvalue weighted by Gasteiger charge is 2.24. The topological polar surface area (TPSA) is 107 Å². The molecule has 2 heterocycles. The molecule has 0 unspecified atom stereocenters. The highest BCUT2D eigenvalue weighted by Crippen LogP contribution is 2.30. The van der Waals surface area contributed by atoms with Crippen molar-refractivity contribution in [2.75, 3.05) is 4.72 Å². The van der Waals surface area contributed by atoms with E-state index in [2.05, 4.69) is 9.12 Å². The van der Waals surface area contributed by atoms with Gasteiger partial charge in [-0.1, -0.05) is 6.07 Å². The second kappa shape index (κ2) is 4.57. The molecule has 3 rings (SSSR count). The summed E-state index contributed by atoms with van der Waals surface area (Å²) in [7, 11) is -3.78. The van der Waals surface area contributed by atoms with Gasteiger partial charge in [-0.3, -0.25) is 4.72 Å². The van der Waals surface area contributed by atoms with E-state index in [4.69, 9.17) is 14.9 Å². The van der Waals surface area contributed by atoms with Gasteiger partial charge in [0.15, 0.2) is 5.84 Å². The van der Waals surface area contributed by atoms with Gasteiger partial charge in [-0.25, -0.2) is 0 Å². The minimum absolute atomic E-state index is 0.0958. The van der Waals surface area contributed by atoms with Crippen molar-refractivity contribution < 1.29 is 17.6 Å². The fraction of sp³-hybridized carbons (Fsp3) is 0.0833. The average Bonchev–Trinajstić information content (AvgIpc) is 2.87. The Morgan fingerprint density at radius 1 is 1.35 bits per heavy atom. The molecule has 0 bridgehead atoms. The number of fused-ring (bicyclic) bond motifs is 1. The van der Waals surface area contributed by atoms with Crippen LogP contribution in [-0.4, -0.2) is 14.3 Å². The highest BCUT2D eigenvalue weighted by atomic mass is 32.2. The van der Waals surface area contributed by atoms with Crippen molar-refractivity contribution in [3.05, 3.63) is 47.9 Å². The molecular weight excluding hydrogens is 282 g/mol. The molecule has 3 N–H and O–H groups in total. The molecule has 2 aromatic rings. The summed E-state index contributed by atoms with van der Waals surface area (Å²) >= 11 is 0. The fourth-order valence-corrected chi connectivity index (χ4v) is 2.72. The van der Waals surface area contributed by atoms with E-state index < -0.39 is 10.2 Å². The Labute approximate surface area is 115 Å². The molecule has 0 saturated heterocycles. The van der Waals surface area contributed by atoms with E-state index in [9.17, 15) is 8.42 Å². The Morgan fingerprint density at radius 2 is 2.20 bits per heavy atom. The van der Waals surface area contributed by atoms with E-state index in [0.717, 1.165) is 5.56 Å². The third-order valence-electron chi connectivity index (χ3n) is 2.71. The Bertz CT molecular complexity index is 766.